The fourth-order valence-electron chi connectivity index (χ4n) is 1.13. The predicted molar refractivity (Wildman–Crippen MR) is 53.7 cm³/mol. The van der Waals surface area contributed by atoms with Gasteiger partial charge in [-0.2, -0.15) is 0 Å². The van der Waals surface area contributed by atoms with Crippen molar-refractivity contribution in [2.75, 3.05) is 12.4 Å². The number of benzene rings is 1. The maximum absolute atomic E-state index is 5.93. The number of hydrogen-bond acceptors (Lipinski definition) is 4. The molecular formula is C8H8ClN5. The third-order valence-electron chi connectivity index (χ3n) is 1.83. The van der Waals surface area contributed by atoms with Crippen molar-refractivity contribution in [3.63, 3.8) is 0 Å². The first-order chi connectivity index (χ1) is 6.81. The maximum atomic E-state index is 5.93. The molecule has 6 heteroatoms. The van der Waals surface area contributed by atoms with Crippen LogP contribution in [-0.2, 0) is 0 Å². The largest absolute Gasteiger partial charge is 0.387 e. The van der Waals surface area contributed by atoms with Crippen molar-refractivity contribution >= 4 is 17.3 Å². The van der Waals surface area contributed by atoms with E-state index in [0.29, 0.717) is 5.02 Å². The van der Waals surface area contributed by atoms with Gasteiger partial charge in [0, 0.05) is 7.05 Å². The van der Waals surface area contributed by atoms with E-state index in [1.165, 1.54) is 6.33 Å². The lowest BCUT2D eigenvalue weighted by atomic mass is 10.3. The van der Waals surface area contributed by atoms with Crippen molar-refractivity contribution in [3.05, 3.63) is 29.5 Å². The van der Waals surface area contributed by atoms with Crippen LogP contribution in [0.1, 0.15) is 0 Å². The summed E-state index contributed by atoms with van der Waals surface area (Å²) in [5.41, 5.74) is 1.71. The van der Waals surface area contributed by atoms with Gasteiger partial charge in [-0.15, -0.1) is 5.10 Å². The van der Waals surface area contributed by atoms with Gasteiger partial charge in [-0.3, -0.25) is 0 Å². The Balaban J connectivity index is 2.46. The van der Waals surface area contributed by atoms with Crippen LogP contribution in [0.15, 0.2) is 24.5 Å². The summed E-state index contributed by atoms with van der Waals surface area (Å²) < 4.78 is 1.57. The number of aromatic nitrogens is 4. The number of hydrogen-bond donors (Lipinski definition) is 1. The van der Waals surface area contributed by atoms with Gasteiger partial charge in [-0.05, 0) is 28.6 Å². The van der Waals surface area contributed by atoms with Gasteiger partial charge in [0.05, 0.1) is 16.4 Å². The van der Waals surface area contributed by atoms with Crippen LogP contribution in [0, 0.1) is 0 Å². The molecule has 0 atom stereocenters. The van der Waals surface area contributed by atoms with Crippen molar-refractivity contribution in [1.82, 2.24) is 20.2 Å². The molecule has 0 saturated carbocycles. The number of anilines is 1. The molecule has 0 spiro atoms. The van der Waals surface area contributed by atoms with E-state index in [-0.39, 0.29) is 0 Å². The molecule has 1 heterocycles. The molecule has 2 rings (SSSR count). The van der Waals surface area contributed by atoms with E-state index in [1.54, 1.807) is 10.7 Å². The van der Waals surface area contributed by atoms with Crippen molar-refractivity contribution in [3.8, 4) is 5.69 Å². The lowest BCUT2D eigenvalue weighted by molar-refractivity contribution is 0.789. The summed E-state index contributed by atoms with van der Waals surface area (Å²) in [6.45, 7) is 0. The fourth-order valence-corrected chi connectivity index (χ4v) is 1.34. The van der Waals surface area contributed by atoms with E-state index >= 15 is 0 Å². The minimum absolute atomic E-state index is 0.671. The molecule has 0 fully saturated rings. The summed E-state index contributed by atoms with van der Waals surface area (Å²) in [6.07, 6.45) is 1.53. The summed E-state index contributed by atoms with van der Waals surface area (Å²) in [4.78, 5) is 0. The van der Waals surface area contributed by atoms with Crippen LogP contribution >= 0.6 is 11.6 Å². The van der Waals surface area contributed by atoms with Gasteiger partial charge in [0.1, 0.15) is 6.33 Å². The molecule has 0 unspecified atom stereocenters. The van der Waals surface area contributed by atoms with Crippen LogP contribution in [0.3, 0.4) is 0 Å². The van der Waals surface area contributed by atoms with E-state index in [0.717, 1.165) is 11.4 Å². The zero-order valence-corrected chi connectivity index (χ0v) is 8.23. The third kappa shape index (κ3) is 1.54. The molecule has 0 saturated heterocycles. The highest BCUT2D eigenvalue weighted by Crippen LogP contribution is 2.23. The van der Waals surface area contributed by atoms with E-state index in [4.69, 9.17) is 11.6 Å². The molecule has 1 aromatic heterocycles. The number of rotatable bonds is 2. The summed E-state index contributed by atoms with van der Waals surface area (Å²) in [5, 5.41) is 14.5. The summed E-state index contributed by atoms with van der Waals surface area (Å²) in [5.74, 6) is 0. The Morgan fingerprint density at radius 2 is 2.29 bits per heavy atom. The summed E-state index contributed by atoms with van der Waals surface area (Å²) in [6, 6.07) is 5.52. The van der Waals surface area contributed by atoms with Gasteiger partial charge in [0.15, 0.2) is 0 Å². The highest BCUT2D eigenvalue weighted by Gasteiger charge is 2.02. The molecule has 0 aliphatic carbocycles. The van der Waals surface area contributed by atoms with Gasteiger partial charge in [0.2, 0.25) is 0 Å². The molecule has 0 radical (unpaired) electrons. The maximum Gasteiger partial charge on any atom is 0.143 e. The lowest BCUT2D eigenvalue weighted by Gasteiger charge is -2.05. The molecule has 0 aliphatic rings. The average molecular weight is 210 g/mol. The van der Waals surface area contributed by atoms with Crippen LogP contribution in [0.25, 0.3) is 5.69 Å². The minimum Gasteiger partial charge on any atom is -0.387 e. The Labute approximate surface area is 85.7 Å². The third-order valence-corrected chi connectivity index (χ3v) is 2.16. The summed E-state index contributed by atoms with van der Waals surface area (Å²) >= 11 is 5.93. The smallest absolute Gasteiger partial charge is 0.143 e. The number of nitrogens with zero attached hydrogens (tertiary/aromatic N) is 4. The zero-order valence-electron chi connectivity index (χ0n) is 7.48. The number of tetrazole rings is 1. The molecule has 14 heavy (non-hydrogen) atoms. The van der Waals surface area contributed by atoms with Gasteiger partial charge < -0.3 is 5.32 Å². The molecule has 5 nitrogen and oxygen atoms in total. The summed E-state index contributed by atoms with van der Waals surface area (Å²) in [7, 11) is 1.81. The Bertz CT molecular complexity index is 425. The molecule has 0 amide bonds. The fraction of sp³-hybridized carbons (Fsp3) is 0.125. The zero-order chi connectivity index (χ0) is 9.97. The van der Waals surface area contributed by atoms with Gasteiger partial charge in [-0.1, -0.05) is 11.6 Å². The molecule has 2 aromatic rings. The van der Waals surface area contributed by atoms with Gasteiger partial charge >= 0.3 is 0 Å². The molecule has 1 N–H and O–H groups in total. The van der Waals surface area contributed by atoms with E-state index in [2.05, 4.69) is 20.8 Å². The second-order valence-corrected chi connectivity index (χ2v) is 3.08. The normalized spacial score (nSPS) is 10.1. The molecule has 0 bridgehead atoms. The monoisotopic (exact) mass is 209 g/mol. The highest BCUT2D eigenvalue weighted by atomic mass is 35.5. The van der Waals surface area contributed by atoms with Crippen LogP contribution in [-0.4, -0.2) is 27.3 Å². The first-order valence-corrected chi connectivity index (χ1v) is 4.39. The molecular weight excluding hydrogens is 202 g/mol. The standard InChI is InChI=1S/C8H8ClN5/c1-10-8-4-6(2-3-7(8)9)14-5-11-12-13-14/h2-5,10H,1H3. The molecule has 72 valence electrons. The van der Waals surface area contributed by atoms with Crippen LogP contribution in [0.4, 0.5) is 5.69 Å². The Morgan fingerprint density at radius 3 is 2.93 bits per heavy atom. The van der Waals surface area contributed by atoms with Crippen LogP contribution in [0.5, 0.6) is 0 Å². The first kappa shape index (κ1) is 8.96. The topological polar surface area (TPSA) is 55.6 Å². The van der Waals surface area contributed by atoms with Crippen molar-refractivity contribution in [1.29, 1.82) is 0 Å². The highest BCUT2D eigenvalue weighted by molar-refractivity contribution is 6.33. The second kappa shape index (κ2) is 3.63. The minimum atomic E-state index is 0.671. The average Bonchev–Trinajstić information content (AvgIpc) is 2.71. The number of halogens is 1. The Kier molecular flexibility index (Phi) is 2.32. The lowest BCUT2D eigenvalue weighted by Crippen LogP contribution is -1.97. The SMILES string of the molecule is CNc1cc(-n2cnnn2)ccc1Cl. The second-order valence-electron chi connectivity index (χ2n) is 2.67. The van der Waals surface area contributed by atoms with Gasteiger partial charge in [0.25, 0.3) is 0 Å². The Morgan fingerprint density at radius 1 is 1.43 bits per heavy atom. The van der Waals surface area contributed by atoms with E-state index in [9.17, 15) is 0 Å². The predicted octanol–water partition coefficient (Wildman–Crippen LogP) is 1.36. The van der Waals surface area contributed by atoms with Crippen molar-refractivity contribution in [2.45, 2.75) is 0 Å². The Hall–Kier alpha value is -1.62. The molecule has 1 aromatic carbocycles. The van der Waals surface area contributed by atoms with Crippen LogP contribution in [0.2, 0.25) is 5.02 Å². The molecule has 0 aliphatic heterocycles. The van der Waals surface area contributed by atoms with Gasteiger partial charge in [-0.25, -0.2) is 4.68 Å². The number of nitrogens with one attached hydrogen (secondary N) is 1. The van der Waals surface area contributed by atoms with Crippen LogP contribution < -0.4 is 5.32 Å². The van der Waals surface area contributed by atoms with Crippen molar-refractivity contribution < 1.29 is 0 Å². The van der Waals surface area contributed by atoms with E-state index < -0.39 is 0 Å². The quantitative estimate of drug-likeness (QED) is 0.812. The van der Waals surface area contributed by atoms with E-state index in [1.807, 2.05) is 19.2 Å². The first-order valence-electron chi connectivity index (χ1n) is 4.02. The van der Waals surface area contributed by atoms with Crippen molar-refractivity contribution in [2.24, 2.45) is 0 Å².